The Morgan fingerprint density at radius 1 is 0.778 bits per heavy atom. The third kappa shape index (κ3) is 1.99. The summed E-state index contributed by atoms with van der Waals surface area (Å²) in [7, 11) is 0. The highest BCUT2D eigenvalue weighted by Gasteiger charge is 2.43. The summed E-state index contributed by atoms with van der Waals surface area (Å²) in [5.74, 6) is 0.989. The SMILES string of the molecule is C1CN(C2CN(C3CCN4CCC3C4)C2)CCN1. The molecule has 2 bridgehead atoms. The minimum atomic E-state index is 0.867. The Kier molecular flexibility index (Phi) is 3.07. The van der Waals surface area contributed by atoms with Crippen molar-refractivity contribution in [1.82, 2.24) is 20.0 Å². The summed E-state index contributed by atoms with van der Waals surface area (Å²) in [5, 5.41) is 3.45. The van der Waals surface area contributed by atoms with Crippen molar-refractivity contribution >= 4 is 0 Å². The minimum Gasteiger partial charge on any atom is -0.314 e. The fourth-order valence-electron chi connectivity index (χ4n) is 4.45. The van der Waals surface area contributed by atoms with E-state index in [2.05, 4.69) is 20.0 Å². The Morgan fingerprint density at radius 2 is 1.56 bits per heavy atom. The van der Waals surface area contributed by atoms with Crippen LogP contribution in [-0.4, -0.2) is 85.7 Å². The van der Waals surface area contributed by atoms with Crippen LogP contribution < -0.4 is 5.32 Å². The number of piperidine rings is 1. The van der Waals surface area contributed by atoms with Gasteiger partial charge in [0.15, 0.2) is 0 Å². The van der Waals surface area contributed by atoms with Crippen LogP contribution in [0.5, 0.6) is 0 Å². The highest BCUT2D eigenvalue weighted by atomic mass is 15.4. The van der Waals surface area contributed by atoms with Crippen molar-refractivity contribution in [3.05, 3.63) is 0 Å². The van der Waals surface area contributed by atoms with Crippen molar-refractivity contribution < 1.29 is 0 Å². The molecule has 4 saturated heterocycles. The van der Waals surface area contributed by atoms with Gasteiger partial charge in [-0.15, -0.1) is 0 Å². The lowest BCUT2D eigenvalue weighted by molar-refractivity contribution is -0.0267. The predicted octanol–water partition coefficient (Wildman–Crippen LogP) is -0.330. The molecule has 0 aliphatic carbocycles. The van der Waals surface area contributed by atoms with Crippen molar-refractivity contribution in [3.63, 3.8) is 0 Å². The third-order valence-electron chi connectivity index (χ3n) is 5.62. The fraction of sp³-hybridized carbons (Fsp3) is 1.00. The molecular weight excluding hydrogens is 224 g/mol. The van der Waals surface area contributed by atoms with E-state index >= 15 is 0 Å². The first kappa shape index (κ1) is 11.6. The van der Waals surface area contributed by atoms with Crippen LogP contribution in [0.4, 0.5) is 0 Å². The van der Waals surface area contributed by atoms with E-state index in [0.717, 1.165) is 18.0 Å². The van der Waals surface area contributed by atoms with Gasteiger partial charge in [-0.25, -0.2) is 0 Å². The molecule has 4 rings (SSSR count). The summed E-state index contributed by atoms with van der Waals surface area (Å²) in [6.07, 6.45) is 2.89. The number of piperazine rings is 1. The van der Waals surface area contributed by atoms with Crippen molar-refractivity contribution in [3.8, 4) is 0 Å². The van der Waals surface area contributed by atoms with Crippen LogP contribution in [0.2, 0.25) is 0 Å². The quantitative estimate of drug-likeness (QED) is 0.724. The Labute approximate surface area is 110 Å². The number of fused-ring (bicyclic) bond motifs is 2. The molecule has 4 fully saturated rings. The largest absolute Gasteiger partial charge is 0.314 e. The first-order valence-electron chi connectivity index (χ1n) is 7.81. The summed E-state index contributed by atoms with van der Waals surface area (Å²) < 4.78 is 0. The second-order valence-electron chi connectivity index (χ2n) is 6.60. The molecule has 0 aromatic rings. The Bertz CT molecular complexity index is 296. The average molecular weight is 250 g/mol. The van der Waals surface area contributed by atoms with Crippen LogP contribution in [0.3, 0.4) is 0 Å². The number of nitrogens with one attached hydrogen (secondary N) is 1. The maximum atomic E-state index is 3.45. The summed E-state index contributed by atoms with van der Waals surface area (Å²) in [5.41, 5.74) is 0. The summed E-state index contributed by atoms with van der Waals surface area (Å²) in [4.78, 5) is 8.16. The molecule has 18 heavy (non-hydrogen) atoms. The summed E-state index contributed by atoms with van der Waals surface area (Å²) >= 11 is 0. The maximum Gasteiger partial charge on any atom is 0.0351 e. The van der Waals surface area contributed by atoms with Crippen LogP contribution >= 0.6 is 0 Å². The second kappa shape index (κ2) is 4.75. The average Bonchev–Trinajstić information content (AvgIpc) is 2.74. The molecule has 4 heteroatoms. The zero-order valence-corrected chi connectivity index (χ0v) is 11.4. The Hall–Kier alpha value is -0.160. The van der Waals surface area contributed by atoms with E-state index in [0.29, 0.717) is 0 Å². The predicted molar refractivity (Wildman–Crippen MR) is 72.8 cm³/mol. The molecule has 0 spiro atoms. The second-order valence-corrected chi connectivity index (χ2v) is 6.60. The van der Waals surface area contributed by atoms with Crippen LogP contribution in [-0.2, 0) is 0 Å². The number of nitrogens with zero attached hydrogens (tertiary/aromatic N) is 3. The first-order chi connectivity index (χ1) is 8.90. The molecule has 4 aliphatic rings. The van der Waals surface area contributed by atoms with Crippen molar-refractivity contribution in [1.29, 1.82) is 0 Å². The fourth-order valence-corrected chi connectivity index (χ4v) is 4.45. The first-order valence-corrected chi connectivity index (χ1v) is 7.81. The molecule has 0 radical (unpaired) electrons. The van der Waals surface area contributed by atoms with Crippen LogP contribution in [0.25, 0.3) is 0 Å². The minimum absolute atomic E-state index is 0.867. The molecular formula is C14H26N4. The maximum absolute atomic E-state index is 3.45. The molecule has 0 aromatic heterocycles. The lowest BCUT2D eigenvalue weighted by Crippen LogP contribution is -2.66. The van der Waals surface area contributed by atoms with E-state index in [9.17, 15) is 0 Å². The van der Waals surface area contributed by atoms with Gasteiger partial charge in [-0.1, -0.05) is 0 Å². The molecule has 3 atom stereocenters. The molecule has 0 amide bonds. The van der Waals surface area contributed by atoms with Gasteiger partial charge in [0.2, 0.25) is 0 Å². The van der Waals surface area contributed by atoms with E-state index in [4.69, 9.17) is 0 Å². The molecule has 0 aromatic carbocycles. The van der Waals surface area contributed by atoms with E-state index in [-0.39, 0.29) is 0 Å². The lowest BCUT2D eigenvalue weighted by atomic mass is 9.89. The van der Waals surface area contributed by atoms with Gasteiger partial charge in [0.25, 0.3) is 0 Å². The van der Waals surface area contributed by atoms with E-state index in [1.165, 1.54) is 71.7 Å². The normalized spacial score (nSPS) is 43.0. The van der Waals surface area contributed by atoms with Gasteiger partial charge in [-0.3, -0.25) is 9.80 Å². The smallest absolute Gasteiger partial charge is 0.0351 e. The number of hydrogen-bond donors (Lipinski definition) is 1. The standard InChI is InChI=1S/C14H26N4/c1-5-16-6-2-14(12(1)9-16)18-10-13(11-18)17-7-3-15-4-8-17/h12-15H,1-11H2. The Balaban J connectivity index is 1.30. The number of likely N-dealkylation sites (tertiary alicyclic amines) is 1. The molecule has 102 valence electrons. The number of hydrogen-bond acceptors (Lipinski definition) is 4. The summed E-state index contributed by atoms with van der Waals surface area (Å²) in [6.45, 7) is 11.7. The van der Waals surface area contributed by atoms with Crippen molar-refractivity contribution in [2.24, 2.45) is 5.92 Å². The van der Waals surface area contributed by atoms with Gasteiger partial charge in [0.05, 0.1) is 0 Å². The van der Waals surface area contributed by atoms with Gasteiger partial charge < -0.3 is 10.2 Å². The van der Waals surface area contributed by atoms with E-state index in [1.807, 2.05) is 0 Å². The molecule has 4 aliphatic heterocycles. The van der Waals surface area contributed by atoms with Gasteiger partial charge in [0, 0.05) is 57.9 Å². The van der Waals surface area contributed by atoms with Crippen LogP contribution in [0.1, 0.15) is 12.8 Å². The zero-order valence-electron chi connectivity index (χ0n) is 11.4. The Morgan fingerprint density at radius 3 is 2.39 bits per heavy atom. The van der Waals surface area contributed by atoms with Crippen LogP contribution in [0.15, 0.2) is 0 Å². The zero-order chi connectivity index (χ0) is 11.9. The lowest BCUT2D eigenvalue weighted by Gasteiger charge is -2.52. The molecule has 3 unspecified atom stereocenters. The van der Waals surface area contributed by atoms with Gasteiger partial charge in [-0.2, -0.15) is 0 Å². The highest BCUT2D eigenvalue weighted by molar-refractivity contribution is 4.99. The van der Waals surface area contributed by atoms with Crippen molar-refractivity contribution in [2.45, 2.75) is 24.9 Å². The van der Waals surface area contributed by atoms with Gasteiger partial charge in [-0.05, 0) is 31.8 Å². The van der Waals surface area contributed by atoms with Crippen LogP contribution in [0, 0.1) is 5.92 Å². The topological polar surface area (TPSA) is 21.8 Å². The highest BCUT2D eigenvalue weighted by Crippen LogP contribution is 2.33. The van der Waals surface area contributed by atoms with Gasteiger partial charge in [0.1, 0.15) is 0 Å². The monoisotopic (exact) mass is 250 g/mol. The van der Waals surface area contributed by atoms with Crippen molar-refractivity contribution in [2.75, 3.05) is 58.9 Å². The molecule has 4 nitrogen and oxygen atoms in total. The molecule has 0 saturated carbocycles. The third-order valence-corrected chi connectivity index (χ3v) is 5.62. The number of rotatable bonds is 2. The van der Waals surface area contributed by atoms with E-state index in [1.54, 1.807) is 0 Å². The van der Waals surface area contributed by atoms with Gasteiger partial charge >= 0.3 is 0 Å². The molecule has 4 heterocycles. The van der Waals surface area contributed by atoms with E-state index < -0.39 is 0 Å². The summed E-state index contributed by atoms with van der Waals surface area (Å²) in [6, 6.07) is 1.79. The molecule has 1 N–H and O–H groups in total.